The quantitative estimate of drug-likeness (QED) is 0.819. The van der Waals surface area contributed by atoms with Gasteiger partial charge >= 0.3 is 0 Å². The SMILES string of the molecule is CC(C)CN1C(=O)C(c2ccc(F)cc2)=C(N2CCCC(CO)C2)C1=O. The molecule has 0 aromatic heterocycles. The van der Waals surface area contributed by atoms with Crippen molar-refractivity contribution in [3.05, 3.63) is 41.3 Å². The molecule has 0 saturated carbocycles. The molecule has 6 heteroatoms. The fraction of sp³-hybridized carbons (Fsp3) is 0.500. The number of aliphatic hydroxyl groups excluding tert-OH is 1. The number of benzene rings is 1. The van der Waals surface area contributed by atoms with Crippen molar-refractivity contribution < 1.29 is 19.1 Å². The summed E-state index contributed by atoms with van der Waals surface area (Å²) in [5.41, 5.74) is 1.28. The maximum atomic E-state index is 13.3. The molecule has 1 aromatic carbocycles. The number of carbonyl (C=O) groups excluding carboxylic acids is 2. The van der Waals surface area contributed by atoms with E-state index < -0.39 is 0 Å². The van der Waals surface area contributed by atoms with Gasteiger partial charge in [0.15, 0.2) is 0 Å². The van der Waals surface area contributed by atoms with E-state index in [9.17, 15) is 19.1 Å². The molecule has 140 valence electrons. The molecule has 5 nitrogen and oxygen atoms in total. The lowest BCUT2D eigenvalue weighted by molar-refractivity contribution is -0.138. The summed E-state index contributed by atoms with van der Waals surface area (Å²) >= 11 is 0. The van der Waals surface area contributed by atoms with Crippen molar-refractivity contribution in [2.24, 2.45) is 11.8 Å². The third kappa shape index (κ3) is 3.51. The van der Waals surface area contributed by atoms with Gasteiger partial charge < -0.3 is 10.0 Å². The molecule has 1 fully saturated rings. The molecule has 2 heterocycles. The van der Waals surface area contributed by atoms with Crippen molar-refractivity contribution >= 4 is 17.4 Å². The summed E-state index contributed by atoms with van der Waals surface area (Å²) in [4.78, 5) is 29.3. The van der Waals surface area contributed by atoms with Gasteiger partial charge in [0, 0.05) is 26.2 Å². The smallest absolute Gasteiger partial charge is 0.277 e. The molecule has 3 rings (SSSR count). The minimum Gasteiger partial charge on any atom is -0.396 e. The number of imide groups is 1. The number of hydrogen-bond acceptors (Lipinski definition) is 4. The zero-order valence-corrected chi connectivity index (χ0v) is 15.2. The van der Waals surface area contributed by atoms with E-state index in [0.29, 0.717) is 36.5 Å². The van der Waals surface area contributed by atoms with Crippen molar-refractivity contribution in [1.29, 1.82) is 0 Å². The molecule has 1 unspecified atom stereocenters. The normalized spacial score (nSPS) is 21.3. The summed E-state index contributed by atoms with van der Waals surface area (Å²) < 4.78 is 13.3. The van der Waals surface area contributed by atoms with Crippen LogP contribution in [0.3, 0.4) is 0 Å². The molecular formula is C20H25FN2O3. The first-order valence-corrected chi connectivity index (χ1v) is 9.14. The molecule has 0 spiro atoms. The predicted molar refractivity (Wildman–Crippen MR) is 96.3 cm³/mol. The highest BCUT2D eigenvalue weighted by atomic mass is 19.1. The molecule has 2 aliphatic rings. The Kier molecular flexibility index (Phi) is 5.41. The van der Waals surface area contributed by atoms with Gasteiger partial charge in [-0.25, -0.2) is 4.39 Å². The molecule has 0 aliphatic carbocycles. The van der Waals surface area contributed by atoms with Gasteiger partial charge in [-0.05, 0) is 42.4 Å². The van der Waals surface area contributed by atoms with Gasteiger partial charge in [0.1, 0.15) is 11.5 Å². The van der Waals surface area contributed by atoms with E-state index in [-0.39, 0.29) is 36.1 Å². The van der Waals surface area contributed by atoms with E-state index in [1.165, 1.54) is 17.0 Å². The summed E-state index contributed by atoms with van der Waals surface area (Å²) in [6.45, 7) is 5.55. The first-order chi connectivity index (χ1) is 12.4. The summed E-state index contributed by atoms with van der Waals surface area (Å²) in [6, 6.07) is 5.69. The Morgan fingerprint density at radius 1 is 1.19 bits per heavy atom. The predicted octanol–water partition coefficient (Wildman–Crippen LogP) is 2.27. The van der Waals surface area contributed by atoms with Crippen LogP contribution in [-0.4, -0.2) is 53.0 Å². The summed E-state index contributed by atoms with van der Waals surface area (Å²) in [5, 5.41) is 9.51. The molecule has 1 N–H and O–H groups in total. The van der Waals surface area contributed by atoms with Crippen LogP contribution in [0.2, 0.25) is 0 Å². The molecule has 0 radical (unpaired) electrons. The summed E-state index contributed by atoms with van der Waals surface area (Å²) in [6.07, 6.45) is 1.76. The van der Waals surface area contributed by atoms with Gasteiger partial charge in [0.25, 0.3) is 11.8 Å². The van der Waals surface area contributed by atoms with Crippen LogP contribution in [0.1, 0.15) is 32.3 Å². The van der Waals surface area contributed by atoms with Crippen LogP contribution in [-0.2, 0) is 9.59 Å². The van der Waals surface area contributed by atoms with E-state index in [1.807, 2.05) is 18.7 Å². The number of halogens is 1. The van der Waals surface area contributed by atoms with Crippen molar-refractivity contribution in [3.63, 3.8) is 0 Å². The average Bonchev–Trinajstić information content (AvgIpc) is 2.87. The fourth-order valence-corrected chi connectivity index (χ4v) is 3.68. The van der Waals surface area contributed by atoms with E-state index in [4.69, 9.17) is 0 Å². The van der Waals surface area contributed by atoms with Crippen LogP contribution in [0.5, 0.6) is 0 Å². The lowest BCUT2D eigenvalue weighted by atomic mass is 9.97. The maximum absolute atomic E-state index is 13.3. The molecule has 1 aromatic rings. The molecule has 1 atom stereocenters. The Hall–Kier alpha value is -2.21. The maximum Gasteiger partial charge on any atom is 0.277 e. The van der Waals surface area contributed by atoms with Crippen LogP contribution < -0.4 is 0 Å². The van der Waals surface area contributed by atoms with Crippen molar-refractivity contribution in [2.45, 2.75) is 26.7 Å². The fourth-order valence-electron chi connectivity index (χ4n) is 3.68. The second kappa shape index (κ2) is 7.58. The minimum absolute atomic E-state index is 0.0630. The van der Waals surface area contributed by atoms with Crippen LogP contribution in [0, 0.1) is 17.7 Å². The number of piperidine rings is 1. The van der Waals surface area contributed by atoms with Crippen LogP contribution >= 0.6 is 0 Å². The first-order valence-electron chi connectivity index (χ1n) is 9.14. The second-order valence-electron chi connectivity index (χ2n) is 7.48. The topological polar surface area (TPSA) is 60.9 Å². The number of likely N-dealkylation sites (tertiary alicyclic amines) is 1. The van der Waals surface area contributed by atoms with Gasteiger partial charge in [-0.15, -0.1) is 0 Å². The Labute approximate surface area is 153 Å². The van der Waals surface area contributed by atoms with Crippen molar-refractivity contribution in [1.82, 2.24) is 9.80 Å². The molecule has 1 saturated heterocycles. The summed E-state index contributed by atoms with van der Waals surface area (Å²) in [7, 11) is 0. The van der Waals surface area contributed by atoms with Crippen molar-refractivity contribution in [2.75, 3.05) is 26.2 Å². The molecular weight excluding hydrogens is 335 g/mol. The zero-order valence-electron chi connectivity index (χ0n) is 15.2. The second-order valence-corrected chi connectivity index (χ2v) is 7.48. The highest BCUT2D eigenvalue weighted by Gasteiger charge is 2.42. The number of aliphatic hydroxyl groups is 1. The Morgan fingerprint density at radius 2 is 1.88 bits per heavy atom. The minimum atomic E-state index is -0.384. The average molecular weight is 360 g/mol. The molecule has 0 bridgehead atoms. The van der Waals surface area contributed by atoms with E-state index in [0.717, 1.165) is 12.8 Å². The lowest BCUT2D eigenvalue weighted by Gasteiger charge is -2.34. The number of hydrogen-bond donors (Lipinski definition) is 1. The largest absolute Gasteiger partial charge is 0.396 e. The van der Waals surface area contributed by atoms with Crippen molar-refractivity contribution in [3.8, 4) is 0 Å². The monoisotopic (exact) mass is 360 g/mol. The highest BCUT2D eigenvalue weighted by Crippen LogP contribution is 2.34. The van der Waals surface area contributed by atoms with Crippen LogP contribution in [0.15, 0.2) is 30.0 Å². The number of amides is 2. The van der Waals surface area contributed by atoms with Gasteiger partial charge in [0.2, 0.25) is 0 Å². The van der Waals surface area contributed by atoms with Gasteiger partial charge in [-0.3, -0.25) is 14.5 Å². The number of nitrogens with zero attached hydrogens (tertiary/aromatic N) is 2. The molecule has 2 aliphatic heterocycles. The highest BCUT2D eigenvalue weighted by molar-refractivity contribution is 6.35. The van der Waals surface area contributed by atoms with E-state index in [2.05, 4.69) is 0 Å². The first kappa shape index (κ1) is 18.6. The van der Waals surface area contributed by atoms with Gasteiger partial charge in [0.05, 0.1) is 5.57 Å². The zero-order chi connectivity index (χ0) is 18.8. The van der Waals surface area contributed by atoms with Gasteiger partial charge in [-0.2, -0.15) is 0 Å². The Balaban J connectivity index is 2.04. The molecule has 26 heavy (non-hydrogen) atoms. The lowest BCUT2D eigenvalue weighted by Crippen LogP contribution is -2.41. The summed E-state index contributed by atoms with van der Waals surface area (Å²) in [5.74, 6) is -0.751. The third-order valence-electron chi connectivity index (χ3n) is 4.92. The Bertz CT molecular complexity index is 727. The van der Waals surface area contributed by atoms with Crippen LogP contribution in [0.25, 0.3) is 5.57 Å². The Morgan fingerprint density at radius 3 is 2.50 bits per heavy atom. The number of carbonyl (C=O) groups is 2. The standard InChI is InChI=1S/C20H25FN2O3/c1-13(2)10-23-19(25)17(15-5-7-16(21)8-6-15)18(20(23)26)22-9-3-4-14(11-22)12-24/h5-8,13-14,24H,3-4,9-12H2,1-2H3. The van der Waals surface area contributed by atoms with E-state index in [1.54, 1.807) is 12.1 Å². The van der Waals surface area contributed by atoms with E-state index >= 15 is 0 Å². The molecule has 2 amide bonds. The van der Waals surface area contributed by atoms with Crippen LogP contribution in [0.4, 0.5) is 4.39 Å². The number of rotatable bonds is 5. The van der Waals surface area contributed by atoms with Gasteiger partial charge in [-0.1, -0.05) is 26.0 Å². The third-order valence-corrected chi connectivity index (χ3v) is 4.92.